The van der Waals surface area contributed by atoms with Gasteiger partial charge in [-0.25, -0.2) is 4.79 Å². The zero-order chi connectivity index (χ0) is 31.8. The van der Waals surface area contributed by atoms with Crippen molar-refractivity contribution in [3.05, 3.63) is 0 Å². The number of nitrogens with one attached hydrogen (secondary N) is 1. The minimum Gasteiger partial charge on any atom is -0.464 e. The van der Waals surface area contributed by atoms with Crippen molar-refractivity contribution in [3.63, 3.8) is 0 Å². The molecule has 0 heterocycles. The molecule has 0 aliphatic heterocycles. The van der Waals surface area contributed by atoms with Crippen LogP contribution in [0.25, 0.3) is 0 Å². The molecule has 0 radical (unpaired) electrons. The second-order valence-corrected chi connectivity index (χ2v) is 13.1. The van der Waals surface area contributed by atoms with Crippen LogP contribution in [0.4, 0.5) is 0 Å². The Morgan fingerprint density at radius 3 is 1.58 bits per heavy atom. The third-order valence-electron chi connectivity index (χ3n) is 8.24. The largest absolute Gasteiger partial charge is 0.464 e. The first-order valence-electron chi connectivity index (χ1n) is 18.4. The maximum atomic E-state index is 12.8. The number of unbranched alkanes of at least 4 members (excludes halogenated alkanes) is 20. The van der Waals surface area contributed by atoms with Gasteiger partial charge in [0.05, 0.1) is 6.61 Å². The molecule has 43 heavy (non-hydrogen) atoms. The lowest BCUT2D eigenvalue weighted by Crippen LogP contribution is -2.42. The molecule has 1 atom stereocenters. The predicted octanol–water partition coefficient (Wildman–Crippen LogP) is 9.11. The molecule has 0 aromatic heterocycles. The Kier molecular flexibility index (Phi) is 30.3. The first-order valence-corrected chi connectivity index (χ1v) is 18.4. The Morgan fingerprint density at radius 2 is 1.09 bits per heavy atom. The summed E-state index contributed by atoms with van der Waals surface area (Å²) < 4.78 is 5.56. The molecule has 0 unspecified atom stereocenters. The molecule has 7 heteroatoms. The zero-order valence-corrected chi connectivity index (χ0v) is 28.8. The Bertz CT molecular complexity index is 665. The summed E-state index contributed by atoms with van der Waals surface area (Å²) in [5.74, 6) is 0.467. The molecular formula is C36H72N4O3. The number of rotatable bonds is 32. The Balaban J connectivity index is 3.98. The van der Waals surface area contributed by atoms with Crippen LogP contribution in [0.3, 0.4) is 0 Å². The van der Waals surface area contributed by atoms with Gasteiger partial charge >= 0.3 is 5.97 Å². The monoisotopic (exact) mass is 609 g/mol. The molecule has 0 aromatic carbocycles. The Morgan fingerprint density at radius 1 is 0.628 bits per heavy atom. The van der Waals surface area contributed by atoms with Crippen LogP contribution in [0.2, 0.25) is 0 Å². The van der Waals surface area contributed by atoms with Crippen molar-refractivity contribution in [2.24, 2.45) is 22.4 Å². The standard InChI is InChI=1S/C36H72N4O3/c1-4-5-6-7-8-14-18-21-24-29-34(41)40-33(28-26-30-39-36(37)38)35(42)43-31-25-22-19-16-13-11-9-10-12-15-17-20-23-27-32(2)3/h32-33H,4-31H2,1-3H3,(H,40,41)(H4,37,38,39)/t33-/m0/s1. The molecular weight excluding hydrogens is 536 g/mol. The lowest BCUT2D eigenvalue weighted by Gasteiger charge is -2.17. The number of carbonyl (C=O) groups excluding carboxylic acids is 2. The van der Waals surface area contributed by atoms with Gasteiger partial charge in [-0.15, -0.1) is 0 Å². The van der Waals surface area contributed by atoms with Crippen LogP contribution < -0.4 is 16.8 Å². The van der Waals surface area contributed by atoms with Gasteiger partial charge in [0.25, 0.3) is 0 Å². The second-order valence-electron chi connectivity index (χ2n) is 13.1. The number of hydrogen-bond acceptors (Lipinski definition) is 4. The molecule has 0 aromatic rings. The first-order chi connectivity index (χ1) is 20.9. The highest BCUT2D eigenvalue weighted by Gasteiger charge is 2.21. The summed E-state index contributed by atoms with van der Waals surface area (Å²) >= 11 is 0. The van der Waals surface area contributed by atoms with E-state index < -0.39 is 6.04 Å². The predicted molar refractivity (Wildman–Crippen MR) is 184 cm³/mol. The number of amides is 1. The number of carbonyl (C=O) groups is 2. The highest BCUT2D eigenvalue weighted by molar-refractivity contribution is 5.84. The molecule has 0 fully saturated rings. The van der Waals surface area contributed by atoms with Crippen molar-refractivity contribution in [2.45, 2.75) is 194 Å². The van der Waals surface area contributed by atoms with Gasteiger partial charge in [0.15, 0.2) is 5.96 Å². The van der Waals surface area contributed by atoms with Gasteiger partial charge in [-0.05, 0) is 31.6 Å². The fourth-order valence-electron chi connectivity index (χ4n) is 5.49. The number of ether oxygens (including phenoxy) is 1. The van der Waals surface area contributed by atoms with Gasteiger partial charge in [-0.2, -0.15) is 0 Å². The minimum absolute atomic E-state index is 0.0384. The Hall–Kier alpha value is -1.79. The van der Waals surface area contributed by atoms with Gasteiger partial charge in [0.2, 0.25) is 5.91 Å². The fourth-order valence-corrected chi connectivity index (χ4v) is 5.49. The summed E-state index contributed by atoms with van der Waals surface area (Å²) in [6.07, 6.45) is 30.5. The van der Waals surface area contributed by atoms with E-state index in [1.165, 1.54) is 122 Å². The zero-order valence-electron chi connectivity index (χ0n) is 28.8. The number of nitrogens with two attached hydrogens (primary N) is 2. The lowest BCUT2D eigenvalue weighted by atomic mass is 10.0. The van der Waals surface area contributed by atoms with E-state index in [-0.39, 0.29) is 17.8 Å². The van der Waals surface area contributed by atoms with Crippen molar-refractivity contribution in [3.8, 4) is 0 Å². The van der Waals surface area contributed by atoms with Crippen LogP contribution >= 0.6 is 0 Å². The molecule has 0 saturated heterocycles. The van der Waals surface area contributed by atoms with Crippen molar-refractivity contribution >= 4 is 17.8 Å². The van der Waals surface area contributed by atoms with Crippen LogP contribution in [0.1, 0.15) is 188 Å². The van der Waals surface area contributed by atoms with Crippen LogP contribution in [-0.4, -0.2) is 37.0 Å². The maximum Gasteiger partial charge on any atom is 0.328 e. The van der Waals surface area contributed by atoms with Gasteiger partial charge < -0.3 is 21.5 Å². The third kappa shape index (κ3) is 31.4. The Labute approximate surface area is 266 Å². The SMILES string of the molecule is CCCCCCCCCCCC(=O)N[C@@H](CCCN=C(N)N)C(=O)OCCCCCCCCCCCCCCCC(C)C. The fraction of sp³-hybridized carbons (Fsp3) is 0.917. The molecule has 254 valence electrons. The van der Waals surface area contributed by atoms with Gasteiger partial charge in [0, 0.05) is 13.0 Å². The van der Waals surface area contributed by atoms with E-state index in [2.05, 4.69) is 31.1 Å². The topological polar surface area (TPSA) is 120 Å². The van der Waals surface area contributed by atoms with E-state index in [1.54, 1.807) is 0 Å². The lowest BCUT2D eigenvalue weighted by molar-refractivity contribution is -0.148. The van der Waals surface area contributed by atoms with Crippen molar-refractivity contribution in [2.75, 3.05) is 13.2 Å². The van der Waals surface area contributed by atoms with Crippen molar-refractivity contribution < 1.29 is 14.3 Å². The van der Waals surface area contributed by atoms with Gasteiger partial charge in [0.1, 0.15) is 6.04 Å². The number of nitrogens with zero attached hydrogens (tertiary/aromatic N) is 1. The van der Waals surface area contributed by atoms with Crippen LogP contribution in [-0.2, 0) is 14.3 Å². The first kappa shape index (κ1) is 41.2. The summed E-state index contributed by atoms with van der Waals surface area (Å²) in [4.78, 5) is 29.3. The summed E-state index contributed by atoms with van der Waals surface area (Å²) in [5.41, 5.74) is 10.8. The highest BCUT2D eigenvalue weighted by Crippen LogP contribution is 2.15. The summed E-state index contributed by atoms with van der Waals surface area (Å²) in [5, 5.41) is 2.91. The quantitative estimate of drug-likeness (QED) is 0.0304. The molecule has 0 aliphatic carbocycles. The van der Waals surface area contributed by atoms with E-state index in [9.17, 15) is 9.59 Å². The number of hydrogen-bond donors (Lipinski definition) is 3. The average molecular weight is 609 g/mol. The molecule has 0 aliphatic rings. The van der Waals surface area contributed by atoms with E-state index >= 15 is 0 Å². The van der Waals surface area contributed by atoms with E-state index in [0.29, 0.717) is 32.4 Å². The highest BCUT2D eigenvalue weighted by atomic mass is 16.5. The number of guanidine groups is 1. The second kappa shape index (κ2) is 31.6. The summed E-state index contributed by atoms with van der Waals surface area (Å²) in [7, 11) is 0. The third-order valence-corrected chi connectivity index (χ3v) is 8.24. The summed E-state index contributed by atoms with van der Waals surface area (Å²) in [6.45, 7) is 7.71. The maximum absolute atomic E-state index is 12.8. The molecule has 0 saturated carbocycles. The molecule has 7 nitrogen and oxygen atoms in total. The van der Waals surface area contributed by atoms with Crippen LogP contribution in [0.15, 0.2) is 4.99 Å². The van der Waals surface area contributed by atoms with Crippen LogP contribution in [0.5, 0.6) is 0 Å². The van der Waals surface area contributed by atoms with E-state index in [0.717, 1.165) is 31.6 Å². The van der Waals surface area contributed by atoms with Gasteiger partial charge in [-0.3, -0.25) is 9.79 Å². The molecule has 0 spiro atoms. The summed E-state index contributed by atoms with van der Waals surface area (Å²) in [6, 6.07) is -0.639. The number of aliphatic imine (C=N–C) groups is 1. The molecule has 0 bridgehead atoms. The number of esters is 1. The van der Waals surface area contributed by atoms with Gasteiger partial charge in [-0.1, -0.05) is 156 Å². The van der Waals surface area contributed by atoms with Crippen molar-refractivity contribution in [1.82, 2.24) is 5.32 Å². The molecule has 0 rings (SSSR count). The average Bonchev–Trinajstić information content (AvgIpc) is 2.97. The van der Waals surface area contributed by atoms with Crippen molar-refractivity contribution in [1.29, 1.82) is 0 Å². The van der Waals surface area contributed by atoms with Crippen LogP contribution in [0, 0.1) is 5.92 Å². The normalized spacial score (nSPS) is 11.9. The minimum atomic E-state index is -0.639. The molecule has 5 N–H and O–H groups in total. The molecule has 1 amide bonds. The van der Waals surface area contributed by atoms with E-state index in [4.69, 9.17) is 16.2 Å². The smallest absolute Gasteiger partial charge is 0.328 e. The van der Waals surface area contributed by atoms with E-state index in [1.807, 2.05) is 0 Å².